The number of imidazole rings is 1. The first-order valence-corrected chi connectivity index (χ1v) is 6.70. The maximum atomic E-state index is 4.77. The van der Waals surface area contributed by atoms with Crippen LogP contribution < -0.4 is 5.32 Å². The van der Waals surface area contributed by atoms with E-state index in [1.165, 1.54) is 27.9 Å². The highest BCUT2D eigenvalue weighted by Gasteiger charge is 2.16. The Kier molecular flexibility index (Phi) is 3.76. The molecule has 0 amide bonds. The summed E-state index contributed by atoms with van der Waals surface area (Å²) in [6.07, 6.45) is 0. The number of nitrogens with one attached hydrogen (secondary N) is 1. The minimum Gasteiger partial charge on any atom is -0.330 e. The van der Waals surface area contributed by atoms with Crippen molar-refractivity contribution in [2.45, 2.75) is 34.2 Å². The van der Waals surface area contributed by atoms with Gasteiger partial charge in [-0.25, -0.2) is 4.98 Å². The van der Waals surface area contributed by atoms with Crippen molar-refractivity contribution in [1.29, 1.82) is 0 Å². The fourth-order valence-corrected chi connectivity index (χ4v) is 2.84. The fourth-order valence-electron chi connectivity index (χ4n) is 2.84. The summed E-state index contributed by atoms with van der Waals surface area (Å²) in [4.78, 5) is 4.77. The van der Waals surface area contributed by atoms with Gasteiger partial charge in [-0.15, -0.1) is 0 Å². The molecular formula is C16H23N3. The van der Waals surface area contributed by atoms with Crippen LogP contribution in [0.15, 0.2) is 12.1 Å². The first-order chi connectivity index (χ1) is 8.95. The number of nitrogens with zero attached hydrogens (tertiary/aromatic N) is 2. The third kappa shape index (κ3) is 2.43. The minimum atomic E-state index is 0.847. The molecule has 0 radical (unpaired) electrons. The summed E-state index contributed by atoms with van der Waals surface area (Å²) >= 11 is 0. The normalized spacial score (nSPS) is 11.1. The second kappa shape index (κ2) is 5.17. The number of hydrogen-bond acceptors (Lipinski definition) is 2. The molecule has 102 valence electrons. The van der Waals surface area contributed by atoms with Crippen molar-refractivity contribution < 1.29 is 0 Å². The van der Waals surface area contributed by atoms with Crippen LogP contribution in [0.2, 0.25) is 0 Å². The van der Waals surface area contributed by atoms with E-state index in [1.54, 1.807) is 0 Å². The average Bonchev–Trinajstić information content (AvgIpc) is 2.56. The highest BCUT2D eigenvalue weighted by molar-refractivity contribution is 5.66. The van der Waals surface area contributed by atoms with Gasteiger partial charge in [0.1, 0.15) is 5.82 Å². The summed E-state index contributed by atoms with van der Waals surface area (Å²) in [6, 6.07) is 4.45. The van der Waals surface area contributed by atoms with Gasteiger partial charge in [-0.05, 0) is 45.9 Å². The summed E-state index contributed by atoms with van der Waals surface area (Å²) < 4.78 is 2.20. The second-order valence-electron chi connectivity index (χ2n) is 5.33. The molecule has 1 N–H and O–H groups in total. The molecular weight excluding hydrogens is 234 g/mol. The molecule has 1 aromatic carbocycles. The monoisotopic (exact) mass is 257 g/mol. The standard InChI is InChI=1S/C16H23N3/c1-10-7-11(2)15(12(3)8-10)16-18-13(4)14(9-17-5)19(16)6/h7-8,17H,9H2,1-6H3. The Hall–Kier alpha value is -1.61. The average molecular weight is 257 g/mol. The molecule has 0 aliphatic heterocycles. The zero-order chi connectivity index (χ0) is 14.2. The molecule has 0 spiro atoms. The second-order valence-corrected chi connectivity index (χ2v) is 5.33. The van der Waals surface area contributed by atoms with Gasteiger partial charge in [0.15, 0.2) is 0 Å². The third-order valence-electron chi connectivity index (χ3n) is 3.66. The number of rotatable bonds is 3. The van der Waals surface area contributed by atoms with Crippen LogP contribution in [0.5, 0.6) is 0 Å². The molecule has 0 bridgehead atoms. The number of aromatic nitrogens is 2. The van der Waals surface area contributed by atoms with Crippen LogP contribution in [0.1, 0.15) is 28.1 Å². The molecule has 0 saturated carbocycles. The minimum absolute atomic E-state index is 0.847. The molecule has 0 aliphatic carbocycles. The van der Waals surface area contributed by atoms with E-state index in [1.807, 2.05) is 7.05 Å². The van der Waals surface area contributed by atoms with Crippen LogP contribution in [-0.4, -0.2) is 16.6 Å². The van der Waals surface area contributed by atoms with Crippen LogP contribution in [0.4, 0.5) is 0 Å². The SMILES string of the molecule is CNCc1c(C)nc(-c2c(C)cc(C)cc2C)n1C. The molecule has 19 heavy (non-hydrogen) atoms. The molecule has 2 aromatic rings. The number of hydrogen-bond donors (Lipinski definition) is 1. The Balaban J connectivity index is 2.63. The lowest BCUT2D eigenvalue weighted by Gasteiger charge is -2.12. The largest absolute Gasteiger partial charge is 0.330 e. The Bertz CT molecular complexity index is 586. The van der Waals surface area contributed by atoms with E-state index in [-0.39, 0.29) is 0 Å². The van der Waals surface area contributed by atoms with E-state index >= 15 is 0 Å². The predicted octanol–water partition coefficient (Wildman–Crippen LogP) is 3.04. The van der Waals surface area contributed by atoms with Crippen molar-refractivity contribution in [3.05, 3.63) is 40.2 Å². The van der Waals surface area contributed by atoms with Crippen molar-refractivity contribution >= 4 is 0 Å². The Morgan fingerprint density at radius 1 is 1.11 bits per heavy atom. The van der Waals surface area contributed by atoms with Crippen molar-refractivity contribution in [2.24, 2.45) is 7.05 Å². The van der Waals surface area contributed by atoms with E-state index in [9.17, 15) is 0 Å². The van der Waals surface area contributed by atoms with Gasteiger partial charge in [0, 0.05) is 19.2 Å². The molecule has 1 aromatic heterocycles. The number of aryl methyl sites for hydroxylation is 4. The van der Waals surface area contributed by atoms with Crippen LogP contribution in [-0.2, 0) is 13.6 Å². The van der Waals surface area contributed by atoms with Crippen molar-refractivity contribution in [3.8, 4) is 11.4 Å². The van der Waals surface area contributed by atoms with Gasteiger partial charge in [0.05, 0.1) is 11.4 Å². The highest BCUT2D eigenvalue weighted by atomic mass is 15.1. The topological polar surface area (TPSA) is 29.9 Å². The molecule has 0 atom stereocenters. The van der Waals surface area contributed by atoms with Gasteiger partial charge < -0.3 is 9.88 Å². The summed E-state index contributed by atoms with van der Waals surface area (Å²) in [5, 5.41) is 3.21. The van der Waals surface area contributed by atoms with Crippen LogP contribution in [0, 0.1) is 27.7 Å². The van der Waals surface area contributed by atoms with Crippen LogP contribution in [0.3, 0.4) is 0 Å². The van der Waals surface area contributed by atoms with Crippen LogP contribution in [0.25, 0.3) is 11.4 Å². The van der Waals surface area contributed by atoms with Gasteiger partial charge in [-0.3, -0.25) is 0 Å². The third-order valence-corrected chi connectivity index (χ3v) is 3.66. The molecule has 3 nitrogen and oxygen atoms in total. The lowest BCUT2D eigenvalue weighted by atomic mass is 9.99. The summed E-state index contributed by atoms with van der Waals surface area (Å²) in [7, 11) is 4.06. The smallest absolute Gasteiger partial charge is 0.140 e. The van der Waals surface area contributed by atoms with E-state index in [0.29, 0.717) is 0 Å². The Morgan fingerprint density at radius 3 is 2.21 bits per heavy atom. The van der Waals surface area contributed by atoms with E-state index in [0.717, 1.165) is 18.1 Å². The van der Waals surface area contributed by atoms with E-state index in [4.69, 9.17) is 4.98 Å². The molecule has 3 heteroatoms. The van der Waals surface area contributed by atoms with Gasteiger partial charge in [-0.2, -0.15) is 0 Å². The maximum absolute atomic E-state index is 4.77. The fraction of sp³-hybridized carbons (Fsp3) is 0.438. The van der Waals surface area contributed by atoms with Crippen molar-refractivity contribution in [1.82, 2.24) is 14.9 Å². The molecule has 0 saturated heterocycles. The van der Waals surface area contributed by atoms with Gasteiger partial charge in [-0.1, -0.05) is 17.7 Å². The summed E-state index contributed by atoms with van der Waals surface area (Å²) in [5.74, 6) is 1.07. The van der Waals surface area contributed by atoms with Gasteiger partial charge >= 0.3 is 0 Å². The van der Waals surface area contributed by atoms with E-state index in [2.05, 4.69) is 56.8 Å². The number of benzene rings is 1. The predicted molar refractivity (Wildman–Crippen MR) is 80.4 cm³/mol. The highest BCUT2D eigenvalue weighted by Crippen LogP contribution is 2.28. The summed E-state index contributed by atoms with van der Waals surface area (Å²) in [5.41, 5.74) is 7.50. The van der Waals surface area contributed by atoms with Crippen molar-refractivity contribution in [3.63, 3.8) is 0 Å². The van der Waals surface area contributed by atoms with E-state index < -0.39 is 0 Å². The lowest BCUT2D eigenvalue weighted by Crippen LogP contribution is -2.11. The summed E-state index contributed by atoms with van der Waals surface area (Å²) in [6.45, 7) is 9.39. The first-order valence-electron chi connectivity index (χ1n) is 6.70. The Labute approximate surface area is 115 Å². The Morgan fingerprint density at radius 2 is 1.68 bits per heavy atom. The lowest BCUT2D eigenvalue weighted by molar-refractivity contribution is 0.732. The molecule has 1 heterocycles. The maximum Gasteiger partial charge on any atom is 0.140 e. The zero-order valence-electron chi connectivity index (χ0n) is 12.8. The molecule has 0 fully saturated rings. The first kappa shape index (κ1) is 13.8. The zero-order valence-corrected chi connectivity index (χ0v) is 12.8. The molecule has 2 rings (SSSR count). The van der Waals surface area contributed by atoms with Gasteiger partial charge in [0.25, 0.3) is 0 Å². The molecule has 0 aliphatic rings. The van der Waals surface area contributed by atoms with Crippen molar-refractivity contribution in [2.75, 3.05) is 7.05 Å². The van der Waals surface area contributed by atoms with Gasteiger partial charge in [0.2, 0.25) is 0 Å². The quantitative estimate of drug-likeness (QED) is 0.916. The molecule has 0 unspecified atom stereocenters. The van der Waals surface area contributed by atoms with Crippen LogP contribution >= 0.6 is 0 Å².